The fraction of sp³-hybridized carbons (Fsp3) is 0.600. The second-order valence-corrected chi connectivity index (χ2v) is 5.60. The summed E-state index contributed by atoms with van der Waals surface area (Å²) in [4.78, 5) is 1.32. The number of nitrogens with one attached hydrogen (secondary N) is 1. The SMILES string of the molecule is CSc1ccc(C(C)NCCCOC(C)C)cc1. The highest BCUT2D eigenvalue weighted by Crippen LogP contribution is 2.18. The molecule has 1 aromatic rings. The van der Waals surface area contributed by atoms with E-state index in [1.807, 2.05) is 0 Å². The first kappa shape index (κ1) is 15.5. The number of hydrogen-bond acceptors (Lipinski definition) is 3. The Morgan fingerprint density at radius 3 is 2.39 bits per heavy atom. The van der Waals surface area contributed by atoms with Crippen molar-refractivity contribution in [1.82, 2.24) is 5.32 Å². The Hall–Kier alpha value is -0.510. The monoisotopic (exact) mass is 267 g/mol. The van der Waals surface area contributed by atoms with Crippen molar-refractivity contribution in [2.24, 2.45) is 0 Å². The zero-order valence-corrected chi connectivity index (χ0v) is 12.7. The second kappa shape index (κ2) is 8.57. The number of hydrogen-bond donors (Lipinski definition) is 1. The lowest BCUT2D eigenvalue weighted by Crippen LogP contribution is -2.21. The molecule has 0 aromatic heterocycles. The minimum absolute atomic E-state index is 0.335. The number of benzene rings is 1. The van der Waals surface area contributed by atoms with Crippen LogP contribution in [0.4, 0.5) is 0 Å². The molecule has 1 rings (SSSR count). The predicted octanol–water partition coefficient (Wildman–Crippen LogP) is 3.87. The Balaban J connectivity index is 2.25. The average molecular weight is 267 g/mol. The smallest absolute Gasteiger partial charge is 0.0518 e. The van der Waals surface area contributed by atoms with Gasteiger partial charge in [-0.25, -0.2) is 0 Å². The third kappa shape index (κ3) is 5.89. The molecule has 3 heteroatoms. The Labute approximate surface area is 116 Å². The van der Waals surface area contributed by atoms with Gasteiger partial charge in [-0.1, -0.05) is 12.1 Å². The molecule has 0 heterocycles. The molecule has 0 bridgehead atoms. The van der Waals surface area contributed by atoms with Crippen LogP contribution in [-0.2, 0) is 4.74 Å². The summed E-state index contributed by atoms with van der Waals surface area (Å²) in [6.45, 7) is 8.19. The van der Waals surface area contributed by atoms with E-state index in [0.717, 1.165) is 19.6 Å². The van der Waals surface area contributed by atoms with Crippen molar-refractivity contribution >= 4 is 11.8 Å². The predicted molar refractivity (Wildman–Crippen MR) is 80.3 cm³/mol. The zero-order chi connectivity index (χ0) is 13.4. The van der Waals surface area contributed by atoms with Crippen LogP contribution >= 0.6 is 11.8 Å². The third-order valence-corrected chi connectivity index (χ3v) is 3.58. The summed E-state index contributed by atoms with van der Waals surface area (Å²) in [6.07, 6.45) is 3.50. The van der Waals surface area contributed by atoms with E-state index in [4.69, 9.17) is 4.74 Å². The van der Waals surface area contributed by atoms with Crippen LogP contribution in [-0.4, -0.2) is 25.5 Å². The third-order valence-electron chi connectivity index (χ3n) is 2.84. The Morgan fingerprint density at radius 1 is 1.17 bits per heavy atom. The molecule has 18 heavy (non-hydrogen) atoms. The summed E-state index contributed by atoms with van der Waals surface area (Å²) < 4.78 is 5.52. The van der Waals surface area contributed by atoms with Crippen LogP contribution in [0.1, 0.15) is 38.8 Å². The molecule has 0 saturated heterocycles. The topological polar surface area (TPSA) is 21.3 Å². The van der Waals surface area contributed by atoms with E-state index >= 15 is 0 Å². The summed E-state index contributed by atoms with van der Waals surface area (Å²) in [5, 5.41) is 3.52. The summed E-state index contributed by atoms with van der Waals surface area (Å²) >= 11 is 1.78. The summed E-state index contributed by atoms with van der Waals surface area (Å²) in [7, 11) is 0. The maximum Gasteiger partial charge on any atom is 0.0518 e. The van der Waals surface area contributed by atoms with E-state index in [0.29, 0.717) is 12.1 Å². The van der Waals surface area contributed by atoms with Crippen molar-refractivity contribution in [3.05, 3.63) is 29.8 Å². The van der Waals surface area contributed by atoms with E-state index in [1.54, 1.807) is 11.8 Å². The van der Waals surface area contributed by atoms with Gasteiger partial charge in [0.25, 0.3) is 0 Å². The molecule has 2 nitrogen and oxygen atoms in total. The minimum atomic E-state index is 0.335. The molecule has 0 fully saturated rings. The minimum Gasteiger partial charge on any atom is -0.379 e. The lowest BCUT2D eigenvalue weighted by atomic mass is 10.1. The highest BCUT2D eigenvalue weighted by atomic mass is 32.2. The summed E-state index contributed by atoms with van der Waals surface area (Å²) in [5.41, 5.74) is 1.34. The molecule has 0 spiro atoms. The van der Waals surface area contributed by atoms with E-state index < -0.39 is 0 Å². The van der Waals surface area contributed by atoms with Gasteiger partial charge in [-0.2, -0.15) is 0 Å². The van der Waals surface area contributed by atoms with Crippen LogP contribution in [0, 0.1) is 0 Å². The highest BCUT2D eigenvalue weighted by molar-refractivity contribution is 7.98. The van der Waals surface area contributed by atoms with Crippen LogP contribution in [0.2, 0.25) is 0 Å². The first-order valence-corrected chi connectivity index (χ1v) is 7.85. The van der Waals surface area contributed by atoms with Gasteiger partial charge in [0, 0.05) is 17.5 Å². The first-order valence-electron chi connectivity index (χ1n) is 6.62. The molecular weight excluding hydrogens is 242 g/mol. The molecule has 1 aromatic carbocycles. The number of ether oxygens (including phenoxy) is 1. The fourth-order valence-corrected chi connectivity index (χ4v) is 2.13. The molecule has 1 unspecified atom stereocenters. The van der Waals surface area contributed by atoms with Gasteiger partial charge in [-0.15, -0.1) is 11.8 Å². The Morgan fingerprint density at radius 2 is 1.83 bits per heavy atom. The normalized spacial score (nSPS) is 12.9. The van der Waals surface area contributed by atoms with Crippen LogP contribution in [0.15, 0.2) is 29.2 Å². The highest BCUT2D eigenvalue weighted by Gasteiger charge is 2.04. The Bertz CT molecular complexity index is 324. The summed E-state index contributed by atoms with van der Waals surface area (Å²) in [5.74, 6) is 0. The largest absolute Gasteiger partial charge is 0.379 e. The first-order chi connectivity index (χ1) is 8.63. The van der Waals surface area contributed by atoms with Crippen molar-refractivity contribution in [2.45, 2.75) is 44.2 Å². The van der Waals surface area contributed by atoms with Crippen molar-refractivity contribution in [2.75, 3.05) is 19.4 Å². The summed E-state index contributed by atoms with van der Waals surface area (Å²) in [6, 6.07) is 9.17. The molecule has 0 saturated carbocycles. The van der Waals surface area contributed by atoms with Crippen LogP contribution in [0.3, 0.4) is 0 Å². The van der Waals surface area contributed by atoms with Crippen LogP contribution < -0.4 is 5.32 Å². The van der Waals surface area contributed by atoms with E-state index in [1.165, 1.54) is 10.5 Å². The molecule has 0 aliphatic rings. The van der Waals surface area contributed by atoms with Gasteiger partial charge in [0.1, 0.15) is 0 Å². The van der Waals surface area contributed by atoms with Gasteiger partial charge in [0.05, 0.1) is 6.10 Å². The van der Waals surface area contributed by atoms with Gasteiger partial charge < -0.3 is 10.1 Å². The molecule has 0 amide bonds. The second-order valence-electron chi connectivity index (χ2n) is 4.72. The van der Waals surface area contributed by atoms with Crippen LogP contribution in [0.5, 0.6) is 0 Å². The van der Waals surface area contributed by atoms with Gasteiger partial charge in [-0.3, -0.25) is 0 Å². The van der Waals surface area contributed by atoms with Crippen molar-refractivity contribution in [3.8, 4) is 0 Å². The maximum absolute atomic E-state index is 5.52. The molecule has 1 N–H and O–H groups in total. The number of rotatable bonds is 8. The van der Waals surface area contributed by atoms with Gasteiger partial charge in [0.15, 0.2) is 0 Å². The van der Waals surface area contributed by atoms with Crippen LogP contribution in [0.25, 0.3) is 0 Å². The van der Waals surface area contributed by atoms with Crippen molar-refractivity contribution in [1.29, 1.82) is 0 Å². The van der Waals surface area contributed by atoms with Gasteiger partial charge in [-0.05, 0) is 57.7 Å². The molecule has 0 radical (unpaired) electrons. The molecule has 0 aliphatic heterocycles. The van der Waals surface area contributed by atoms with E-state index in [2.05, 4.69) is 56.6 Å². The van der Waals surface area contributed by atoms with Gasteiger partial charge >= 0.3 is 0 Å². The van der Waals surface area contributed by atoms with E-state index in [-0.39, 0.29) is 0 Å². The van der Waals surface area contributed by atoms with Crippen molar-refractivity contribution in [3.63, 3.8) is 0 Å². The molecule has 0 aliphatic carbocycles. The molecule has 102 valence electrons. The fourth-order valence-electron chi connectivity index (χ4n) is 1.72. The molecular formula is C15H25NOS. The van der Waals surface area contributed by atoms with Crippen molar-refractivity contribution < 1.29 is 4.74 Å². The average Bonchev–Trinajstić information content (AvgIpc) is 2.38. The van der Waals surface area contributed by atoms with Gasteiger partial charge in [0.2, 0.25) is 0 Å². The maximum atomic E-state index is 5.52. The lowest BCUT2D eigenvalue weighted by molar-refractivity contribution is 0.0768. The standard InChI is InChI=1S/C15H25NOS/c1-12(2)17-11-5-10-16-13(3)14-6-8-15(18-4)9-7-14/h6-9,12-13,16H,5,10-11H2,1-4H3. The Kier molecular flexibility index (Phi) is 7.40. The zero-order valence-electron chi connectivity index (χ0n) is 11.9. The molecule has 1 atom stereocenters. The van der Waals surface area contributed by atoms with E-state index in [9.17, 15) is 0 Å². The number of thioether (sulfide) groups is 1. The lowest BCUT2D eigenvalue weighted by Gasteiger charge is -2.15. The quantitative estimate of drug-likeness (QED) is 0.570.